The maximum Gasteiger partial charge on any atom is 0.435 e. The van der Waals surface area contributed by atoms with Gasteiger partial charge in [-0.1, -0.05) is 0 Å². The van der Waals surface area contributed by atoms with E-state index in [1.54, 1.807) is 14.0 Å². The van der Waals surface area contributed by atoms with Crippen molar-refractivity contribution in [3.05, 3.63) is 17.7 Å². The summed E-state index contributed by atoms with van der Waals surface area (Å²) in [4.78, 5) is 3.35. The normalized spacial score (nSPS) is 14.1. The second kappa shape index (κ2) is 3.87. The van der Waals surface area contributed by atoms with Crippen LogP contribution in [0.3, 0.4) is 0 Å². The summed E-state index contributed by atoms with van der Waals surface area (Å²) in [6.45, 7) is 1.65. The predicted octanol–water partition coefficient (Wildman–Crippen LogP) is 1.17. The molecule has 0 aliphatic heterocycles. The van der Waals surface area contributed by atoms with Gasteiger partial charge in [-0.25, -0.2) is 4.98 Å². The fourth-order valence-electron chi connectivity index (χ4n) is 0.766. The van der Waals surface area contributed by atoms with Crippen LogP contribution in [-0.2, 0) is 6.18 Å². The molecule has 7 heteroatoms. The van der Waals surface area contributed by atoms with E-state index in [9.17, 15) is 13.2 Å². The topological polar surface area (TPSA) is 50.7 Å². The zero-order valence-corrected chi connectivity index (χ0v) is 7.63. The molecule has 4 nitrogen and oxygen atoms in total. The van der Waals surface area contributed by atoms with Crippen LogP contribution in [0, 0.1) is 0 Å². The lowest BCUT2D eigenvalue weighted by molar-refractivity contribution is -0.141. The number of aromatic nitrogens is 3. The number of rotatable bonds is 2. The number of hydrogen-bond acceptors (Lipinski definition) is 4. The highest BCUT2D eigenvalue weighted by atomic mass is 19.4. The van der Waals surface area contributed by atoms with Crippen molar-refractivity contribution < 1.29 is 13.2 Å². The van der Waals surface area contributed by atoms with Crippen LogP contribution in [0.15, 0.2) is 6.20 Å². The van der Waals surface area contributed by atoms with Gasteiger partial charge < -0.3 is 5.32 Å². The molecule has 0 bridgehead atoms. The van der Waals surface area contributed by atoms with Crippen molar-refractivity contribution in [3.8, 4) is 0 Å². The van der Waals surface area contributed by atoms with E-state index < -0.39 is 11.9 Å². The summed E-state index contributed by atoms with van der Waals surface area (Å²) < 4.78 is 36.6. The van der Waals surface area contributed by atoms with Crippen molar-refractivity contribution in [2.45, 2.75) is 19.1 Å². The summed E-state index contributed by atoms with van der Waals surface area (Å²) in [6, 6.07) is -0.357. The molecule has 0 fully saturated rings. The molecule has 0 saturated heterocycles. The Hall–Kier alpha value is -1.24. The van der Waals surface area contributed by atoms with Gasteiger partial charge in [-0.05, 0) is 14.0 Å². The summed E-state index contributed by atoms with van der Waals surface area (Å²) in [5.41, 5.74) is -1.02. The van der Waals surface area contributed by atoms with Crippen LogP contribution in [0.2, 0.25) is 0 Å². The first kappa shape index (κ1) is 10.8. The molecule has 0 aliphatic carbocycles. The van der Waals surface area contributed by atoms with Gasteiger partial charge in [0, 0.05) is 0 Å². The highest BCUT2D eigenvalue weighted by Gasteiger charge is 2.33. The summed E-state index contributed by atoms with van der Waals surface area (Å²) >= 11 is 0. The Balaban J connectivity index is 3.01. The van der Waals surface area contributed by atoms with Crippen molar-refractivity contribution in [1.82, 2.24) is 20.5 Å². The van der Waals surface area contributed by atoms with Crippen LogP contribution < -0.4 is 5.32 Å². The van der Waals surface area contributed by atoms with E-state index in [1.165, 1.54) is 0 Å². The van der Waals surface area contributed by atoms with Gasteiger partial charge in [-0.15, -0.1) is 5.10 Å². The monoisotopic (exact) mass is 206 g/mol. The molecule has 0 amide bonds. The smallest absolute Gasteiger partial charge is 0.311 e. The SMILES string of the molecule is CNC(C)c1nncc(C(F)(F)F)n1. The van der Waals surface area contributed by atoms with Crippen LogP contribution in [0.4, 0.5) is 13.2 Å². The van der Waals surface area contributed by atoms with E-state index >= 15 is 0 Å². The average Bonchev–Trinajstić information content (AvgIpc) is 2.15. The molecule has 78 valence electrons. The Morgan fingerprint density at radius 2 is 2.07 bits per heavy atom. The van der Waals surface area contributed by atoms with E-state index in [1.807, 2.05) is 0 Å². The number of alkyl halides is 3. The summed E-state index contributed by atoms with van der Waals surface area (Å²) in [5.74, 6) is 0.0299. The van der Waals surface area contributed by atoms with Crippen molar-refractivity contribution in [1.29, 1.82) is 0 Å². The molecule has 1 rings (SSSR count). The van der Waals surface area contributed by atoms with Crippen molar-refractivity contribution in [2.24, 2.45) is 0 Å². The van der Waals surface area contributed by atoms with Gasteiger partial charge in [0.15, 0.2) is 11.5 Å². The molecule has 0 aromatic carbocycles. The fourth-order valence-corrected chi connectivity index (χ4v) is 0.766. The standard InChI is InChI=1S/C7H9F3N4/c1-4(11-2)6-13-5(3-12-14-6)7(8,9)10/h3-4,11H,1-2H3. The van der Waals surface area contributed by atoms with Gasteiger partial charge in [0.2, 0.25) is 0 Å². The second-order valence-electron chi connectivity index (χ2n) is 2.71. The third kappa shape index (κ3) is 2.38. The third-order valence-corrected chi connectivity index (χ3v) is 1.69. The van der Waals surface area contributed by atoms with Gasteiger partial charge in [0.05, 0.1) is 12.2 Å². The van der Waals surface area contributed by atoms with E-state index in [-0.39, 0.29) is 11.9 Å². The number of nitrogens with zero attached hydrogens (tertiary/aromatic N) is 3. The van der Waals surface area contributed by atoms with Gasteiger partial charge in [-0.2, -0.15) is 18.3 Å². The van der Waals surface area contributed by atoms with E-state index in [0.717, 1.165) is 0 Å². The molecular weight excluding hydrogens is 197 g/mol. The molecule has 0 aliphatic rings. The van der Waals surface area contributed by atoms with E-state index in [2.05, 4.69) is 20.5 Å². The minimum absolute atomic E-state index is 0.0299. The quantitative estimate of drug-likeness (QED) is 0.789. The highest BCUT2D eigenvalue weighted by molar-refractivity contribution is 5.02. The molecule has 1 N–H and O–H groups in total. The molecule has 1 unspecified atom stereocenters. The number of hydrogen-bond donors (Lipinski definition) is 1. The van der Waals surface area contributed by atoms with Gasteiger partial charge >= 0.3 is 6.18 Å². The maximum absolute atomic E-state index is 12.2. The molecular formula is C7H9F3N4. The fraction of sp³-hybridized carbons (Fsp3) is 0.571. The van der Waals surface area contributed by atoms with Crippen LogP contribution in [0.5, 0.6) is 0 Å². The second-order valence-corrected chi connectivity index (χ2v) is 2.71. The zero-order chi connectivity index (χ0) is 10.8. The Bertz CT molecular complexity index is 312. The number of nitrogens with one attached hydrogen (secondary N) is 1. The lowest BCUT2D eigenvalue weighted by atomic mass is 10.3. The van der Waals surface area contributed by atoms with Gasteiger partial charge in [-0.3, -0.25) is 0 Å². The molecule has 0 radical (unpaired) electrons. The van der Waals surface area contributed by atoms with Crippen LogP contribution in [0.1, 0.15) is 24.5 Å². The first-order valence-electron chi connectivity index (χ1n) is 3.89. The molecule has 14 heavy (non-hydrogen) atoms. The third-order valence-electron chi connectivity index (χ3n) is 1.69. The molecule has 1 atom stereocenters. The minimum Gasteiger partial charge on any atom is -0.311 e. The van der Waals surface area contributed by atoms with Crippen molar-refractivity contribution in [3.63, 3.8) is 0 Å². The largest absolute Gasteiger partial charge is 0.435 e. The minimum atomic E-state index is -4.47. The van der Waals surface area contributed by atoms with Crippen molar-refractivity contribution >= 4 is 0 Å². The number of halogens is 3. The van der Waals surface area contributed by atoms with E-state index in [4.69, 9.17) is 0 Å². The van der Waals surface area contributed by atoms with Gasteiger partial charge in [0.1, 0.15) is 0 Å². The van der Waals surface area contributed by atoms with Crippen molar-refractivity contribution in [2.75, 3.05) is 7.05 Å². The molecule has 0 saturated carbocycles. The molecule has 0 spiro atoms. The van der Waals surface area contributed by atoms with E-state index in [0.29, 0.717) is 6.20 Å². The molecule has 1 heterocycles. The summed E-state index contributed by atoms with van der Waals surface area (Å²) in [7, 11) is 1.61. The Morgan fingerprint density at radius 3 is 2.57 bits per heavy atom. The molecule has 1 aromatic rings. The molecule has 1 aromatic heterocycles. The predicted molar refractivity (Wildman–Crippen MR) is 42.3 cm³/mol. The van der Waals surface area contributed by atoms with Crippen LogP contribution in [0.25, 0.3) is 0 Å². The first-order valence-corrected chi connectivity index (χ1v) is 3.89. The zero-order valence-electron chi connectivity index (χ0n) is 7.63. The maximum atomic E-state index is 12.2. The Kier molecular flexibility index (Phi) is 3.00. The summed E-state index contributed by atoms with van der Waals surface area (Å²) in [6.07, 6.45) is -3.87. The van der Waals surface area contributed by atoms with Crippen LogP contribution in [-0.4, -0.2) is 22.2 Å². The summed E-state index contributed by atoms with van der Waals surface area (Å²) in [5, 5.41) is 9.48. The highest BCUT2D eigenvalue weighted by Crippen LogP contribution is 2.26. The Morgan fingerprint density at radius 1 is 1.43 bits per heavy atom. The van der Waals surface area contributed by atoms with Crippen LogP contribution >= 0.6 is 0 Å². The average molecular weight is 206 g/mol. The first-order chi connectivity index (χ1) is 6.45. The lowest BCUT2D eigenvalue weighted by Crippen LogP contribution is -2.19. The van der Waals surface area contributed by atoms with Gasteiger partial charge in [0.25, 0.3) is 0 Å². The lowest BCUT2D eigenvalue weighted by Gasteiger charge is -2.09. The Labute approximate surface area is 78.6 Å².